The van der Waals surface area contributed by atoms with Gasteiger partial charge in [-0.3, -0.25) is 14.3 Å². The molecule has 0 spiro atoms. The summed E-state index contributed by atoms with van der Waals surface area (Å²) in [5, 5.41) is 18.2. The predicted octanol–water partition coefficient (Wildman–Crippen LogP) is -2.02. The minimum absolute atomic E-state index is 0.157. The maximum absolute atomic E-state index is 11.7. The number of aromatic amines is 1. The second-order valence-electron chi connectivity index (χ2n) is 4.32. The lowest BCUT2D eigenvalue weighted by atomic mass is 10.2. The molecule has 0 aromatic carbocycles. The van der Waals surface area contributed by atoms with Gasteiger partial charge in [-0.15, -0.1) is 0 Å². The monoisotopic (exact) mass is 340 g/mol. The van der Waals surface area contributed by atoms with Crippen molar-refractivity contribution >= 4 is 18.2 Å². The van der Waals surface area contributed by atoms with Crippen molar-refractivity contribution in [3.8, 4) is 0 Å². The third-order valence-electron chi connectivity index (χ3n) is 2.87. The van der Waals surface area contributed by atoms with Crippen molar-refractivity contribution in [2.75, 3.05) is 6.61 Å². The van der Waals surface area contributed by atoms with E-state index in [0.717, 1.165) is 16.8 Å². The molecular weight excluding hydrogens is 327 g/mol. The van der Waals surface area contributed by atoms with E-state index < -0.39 is 48.3 Å². The average Bonchev–Trinajstić information content (AvgIpc) is 2.65. The van der Waals surface area contributed by atoms with E-state index in [0.29, 0.717) is 0 Å². The molecule has 1 aromatic rings. The first-order chi connectivity index (χ1) is 9.73. The van der Waals surface area contributed by atoms with Gasteiger partial charge in [-0.05, 0) is 11.4 Å². The SMILES string of the molecule is O=c1ccn([C@@H]2O[C@H](CO)[C@@H](SP(=O)(O)O)[C@H]2O)c(=O)[nH]1. The van der Waals surface area contributed by atoms with Crippen LogP contribution in [0.1, 0.15) is 6.23 Å². The van der Waals surface area contributed by atoms with Gasteiger partial charge in [0.2, 0.25) is 0 Å². The van der Waals surface area contributed by atoms with Crippen LogP contribution in [-0.2, 0) is 9.30 Å². The summed E-state index contributed by atoms with van der Waals surface area (Å²) in [6, 6.07) is 1.04. The van der Waals surface area contributed by atoms with Gasteiger partial charge in [0.05, 0.1) is 18.0 Å². The Morgan fingerprint density at radius 3 is 2.62 bits per heavy atom. The maximum Gasteiger partial charge on any atom is 0.384 e. The number of aliphatic hydroxyl groups is 2. The van der Waals surface area contributed by atoms with Gasteiger partial charge in [-0.2, -0.15) is 0 Å². The number of hydrogen-bond acceptors (Lipinski definition) is 7. The molecule has 0 aliphatic carbocycles. The Balaban J connectivity index is 2.33. The molecule has 5 N–H and O–H groups in total. The van der Waals surface area contributed by atoms with Crippen LogP contribution in [0, 0.1) is 0 Å². The number of rotatable bonds is 4. The lowest BCUT2D eigenvalue weighted by molar-refractivity contribution is -0.0530. The fourth-order valence-electron chi connectivity index (χ4n) is 2.01. The van der Waals surface area contributed by atoms with Crippen molar-refractivity contribution in [2.24, 2.45) is 0 Å². The van der Waals surface area contributed by atoms with Crippen LogP contribution in [0.3, 0.4) is 0 Å². The Bertz CT molecular complexity index is 668. The third-order valence-corrected chi connectivity index (χ3v) is 5.53. The number of aromatic nitrogens is 2. The lowest BCUT2D eigenvalue weighted by Gasteiger charge is -2.19. The maximum atomic E-state index is 11.7. The summed E-state index contributed by atoms with van der Waals surface area (Å²) in [5.74, 6) is 0. The molecule has 4 atom stereocenters. The summed E-state index contributed by atoms with van der Waals surface area (Å²) in [6.45, 7) is -5.11. The minimum atomic E-state index is -4.52. The molecule has 0 unspecified atom stereocenters. The molecule has 0 bridgehead atoms. The van der Waals surface area contributed by atoms with E-state index in [9.17, 15) is 24.4 Å². The highest BCUT2D eigenvalue weighted by atomic mass is 32.7. The van der Waals surface area contributed by atoms with Gasteiger partial charge >= 0.3 is 12.5 Å². The van der Waals surface area contributed by atoms with Crippen LogP contribution >= 0.6 is 18.2 Å². The van der Waals surface area contributed by atoms with Gasteiger partial charge in [0.15, 0.2) is 6.23 Å². The number of nitrogens with one attached hydrogen (secondary N) is 1. The van der Waals surface area contributed by atoms with E-state index in [1.807, 2.05) is 4.98 Å². The molecule has 2 rings (SSSR count). The molecule has 21 heavy (non-hydrogen) atoms. The van der Waals surface area contributed by atoms with E-state index in [1.54, 1.807) is 0 Å². The van der Waals surface area contributed by atoms with Crippen LogP contribution in [0.4, 0.5) is 0 Å². The molecule has 118 valence electrons. The Labute approximate surface area is 121 Å². The van der Waals surface area contributed by atoms with Crippen molar-refractivity contribution in [1.29, 1.82) is 0 Å². The topological polar surface area (TPSA) is 162 Å². The van der Waals surface area contributed by atoms with Crippen LogP contribution in [-0.4, -0.2) is 53.6 Å². The minimum Gasteiger partial charge on any atom is -0.394 e. The summed E-state index contributed by atoms with van der Waals surface area (Å²) in [6.07, 6.45) is -2.70. The predicted molar refractivity (Wildman–Crippen MR) is 71.7 cm³/mol. The zero-order chi connectivity index (χ0) is 15.8. The van der Waals surface area contributed by atoms with Gasteiger partial charge in [0.1, 0.15) is 6.10 Å². The first kappa shape index (κ1) is 16.4. The Morgan fingerprint density at radius 1 is 1.43 bits per heavy atom. The molecule has 1 aromatic heterocycles. The first-order valence-corrected chi connectivity index (χ1v) is 8.82. The fourth-order valence-corrected chi connectivity index (χ4v) is 4.61. The number of hydrogen-bond donors (Lipinski definition) is 5. The van der Waals surface area contributed by atoms with Crippen LogP contribution in [0.2, 0.25) is 0 Å². The van der Waals surface area contributed by atoms with E-state index in [1.165, 1.54) is 0 Å². The largest absolute Gasteiger partial charge is 0.394 e. The normalized spacial score (nSPS) is 29.7. The molecule has 10 nitrogen and oxygen atoms in total. The van der Waals surface area contributed by atoms with E-state index in [2.05, 4.69) is 0 Å². The molecule has 1 aliphatic heterocycles. The molecule has 0 amide bonds. The molecule has 12 heteroatoms. The van der Waals surface area contributed by atoms with E-state index >= 15 is 0 Å². The van der Waals surface area contributed by atoms with Crippen LogP contribution in [0.15, 0.2) is 21.9 Å². The van der Waals surface area contributed by atoms with Crippen molar-refractivity contribution in [2.45, 2.75) is 23.7 Å². The van der Waals surface area contributed by atoms with Crippen LogP contribution in [0.5, 0.6) is 0 Å². The first-order valence-electron chi connectivity index (χ1n) is 5.73. The zero-order valence-electron chi connectivity index (χ0n) is 10.4. The molecule has 1 aliphatic rings. The van der Waals surface area contributed by atoms with Crippen molar-refractivity contribution in [1.82, 2.24) is 9.55 Å². The van der Waals surface area contributed by atoms with E-state index in [-0.39, 0.29) is 11.4 Å². The van der Waals surface area contributed by atoms with Crippen LogP contribution in [0.25, 0.3) is 0 Å². The van der Waals surface area contributed by atoms with Crippen molar-refractivity contribution in [3.05, 3.63) is 33.1 Å². The van der Waals surface area contributed by atoms with Gasteiger partial charge in [-0.25, -0.2) is 9.36 Å². The summed E-state index contributed by atoms with van der Waals surface area (Å²) in [4.78, 5) is 42.5. The van der Waals surface area contributed by atoms with E-state index in [4.69, 9.17) is 14.5 Å². The molecule has 0 saturated carbocycles. The zero-order valence-corrected chi connectivity index (χ0v) is 12.1. The Morgan fingerprint density at radius 2 is 2.10 bits per heavy atom. The van der Waals surface area contributed by atoms with Gasteiger partial charge in [0, 0.05) is 12.3 Å². The van der Waals surface area contributed by atoms with Crippen LogP contribution < -0.4 is 11.2 Å². The number of H-pyrrole nitrogens is 1. The summed E-state index contributed by atoms with van der Waals surface area (Å²) in [7, 11) is 0. The van der Waals surface area contributed by atoms with Crippen molar-refractivity contribution in [3.63, 3.8) is 0 Å². The summed E-state index contributed by atoms with van der Waals surface area (Å²) in [5.41, 5.74) is -1.48. The summed E-state index contributed by atoms with van der Waals surface area (Å²) >= 11 is 0.157. The molecule has 2 heterocycles. The molecule has 1 fully saturated rings. The Kier molecular flexibility index (Phi) is 4.73. The van der Waals surface area contributed by atoms with Crippen molar-refractivity contribution < 1.29 is 29.3 Å². The standard InChI is InChI=1S/C9H13N2O8PS/c12-3-4-7(21-20(16,17)18)6(14)8(19-4)11-2-1-5(13)10-9(11)15/h1-2,4,6-8,12,14H,3H2,(H,10,13,15)(H2,16,17,18)/t4-,6-,7-,8-/m1/s1. The van der Waals surface area contributed by atoms with Gasteiger partial charge in [-0.1, -0.05) is 0 Å². The average molecular weight is 340 g/mol. The Hall–Kier alpha value is -0.940. The number of nitrogens with zero attached hydrogens (tertiary/aromatic N) is 1. The molecular formula is C9H13N2O8PS. The highest BCUT2D eigenvalue weighted by Crippen LogP contribution is 2.56. The second kappa shape index (κ2) is 6.05. The highest BCUT2D eigenvalue weighted by Gasteiger charge is 2.47. The lowest BCUT2D eigenvalue weighted by Crippen LogP contribution is -2.36. The molecule has 0 radical (unpaired) electrons. The second-order valence-corrected chi connectivity index (χ2v) is 8.11. The third kappa shape index (κ3) is 3.64. The summed E-state index contributed by atoms with van der Waals surface area (Å²) < 4.78 is 17.2. The fraction of sp³-hybridized carbons (Fsp3) is 0.556. The molecule has 1 saturated heterocycles. The number of aliphatic hydroxyl groups excluding tert-OH is 2. The van der Waals surface area contributed by atoms with Gasteiger partial charge in [0.25, 0.3) is 5.56 Å². The smallest absolute Gasteiger partial charge is 0.384 e. The quantitative estimate of drug-likeness (QED) is 0.389. The van der Waals surface area contributed by atoms with Gasteiger partial charge < -0.3 is 24.7 Å². The number of ether oxygens (including phenoxy) is 1. The highest BCUT2D eigenvalue weighted by molar-refractivity contribution is 8.54.